The minimum atomic E-state index is -0.0487. The van der Waals surface area contributed by atoms with E-state index in [0.717, 1.165) is 15.0 Å². The molecular weight excluding hydrogens is 298 g/mol. The van der Waals surface area contributed by atoms with Gasteiger partial charge in [0.05, 0.1) is 12.6 Å². The summed E-state index contributed by atoms with van der Waals surface area (Å²) in [6.45, 7) is 2.16. The Balaban J connectivity index is 2.18. The maximum atomic E-state index is 9.47. The Bertz CT molecular complexity index is 498. The van der Waals surface area contributed by atoms with Crippen molar-refractivity contribution in [3.05, 3.63) is 50.6 Å². The van der Waals surface area contributed by atoms with Crippen LogP contribution in [0.25, 0.3) is 0 Å². The number of hydrogen-bond acceptors (Lipinski definition) is 3. The molecule has 0 spiro atoms. The molecule has 0 radical (unpaired) electrons. The normalized spacial score (nSPS) is 12.4. The molecule has 1 unspecified atom stereocenters. The second-order valence-electron chi connectivity index (χ2n) is 3.81. The molecule has 1 aromatic carbocycles. The largest absolute Gasteiger partial charge is 0.394 e. The van der Waals surface area contributed by atoms with Gasteiger partial charge in [-0.1, -0.05) is 12.1 Å². The van der Waals surface area contributed by atoms with Crippen molar-refractivity contribution >= 4 is 33.0 Å². The van der Waals surface area contributed by atoms with Crippen molar-refractivity contribution in [1.29, 1.82) is 0 Å². The van der Waals surface area contributed by atoms with Gasteiger partial charge in [0.1, 0.15) is 0 Å². The average Bonchev–Trinajstić information content (AvgIpc) is 2.75. The van der Waals surface area contributed by atoms with Gasteiger partial charge in [0.15, 0.2) is 0 Å². The topological polar surface area (TPSA) is 32.3 Å². The molecule has 0 amide bonds. The van der Waals surface area contributed by atoms with Crippen molar-refractivity contribution in [3.8, 4) is 0 Å². The number of hydrogen-bond donors (Lipinski definition) is 2. The van der Waals surface area contributed by atoms with Gasteiger partial charge in [0, 0.05) is 19.9 Å². The number of thiophene rings is 1. The van der Waals surface area contributed by atoms with Crippen LogP contribution in [-0.2, 0) is 0 Å². The van der Waals surface area contributed by atoms with Gasteiger partial charge >= 0.3 is 0 Å². The van der Waals surface area contributed by atoms with E-state index < -0.39 is 0 Å². The summed E-state index contributed by atoms with van der Waals surface area (Å²) in [6, 6.07) is 12.0. The van der Waals surface area contributed by atoms with Crippen molar-refractivity contribution in [3.63, 3.8) is 0 Å². The molecule has 2 nitrogen and oxygen atoms in total. The van der Waals surface area contributed by atoms with E-state index in [-0.39, 0.29) is 12.6 Å². The van der Waals surface area contributed by atoms with Crippen LogP contribution in [0.15, 0.2) is 40.9 Å². The van der Waals surface area contributed by atoms with E-state index >= 15 is 0 Å². The minimum absolute atomic E-state index is 0.0487. The predicted molar refractivity (Wildman–Crippen MR) is 76.6 cm³/mol. The lowest BCUT2D eigenvalue weighted by atomic mass is 10.2. The van der Waals surface area contributed by atoms with Gasteiger partial charge < -0.3 is 10.4 Å². The molecule has 1 aromatic heterocycles. The molecule has 1 heterocycles. The molecule has 0 fully saturated rings. The molecule has 2 N–H and O–H groups in total. The van der Waals surface area contributed by atoms with Crippen molar-refractivity contribution in [1.82, 2.24) is 0 Å². The number of para-hydroxylation sites is 1. The smallest absolute Gasteiger partial charge is 0.0838 e. The first kappa shape index (κ1) is 12.6. The fraction of sp³-hybridized carbons (Fsp3) is 0.231. The summed E-state index contributed by atoms with van der Waals surface area (Å²) in [7, 11) is 0. The average molecular weight is 312 g/mol. The SMILES string of the molecule is Cc1ccc(C(CO)Nc2ccccc2Br)s1. The van der Waals surface area contributed by atoms with Crippen LogP contribution >= 0.6 is 27.3 Å². The highest BCUT2D eigenvalue weighted by atomic mass is 79.9. The lowest BCUT2D eigenvalue weighted by molar-refractivity contribution is 0.277. The van der Waals surface area contributed by atoms with Crippen LogP contribution in [0.5, 0.6) is 0 Å². The van der Waals surface area contributed by atoms with Crippen molar-refractivity contribution < 1.29 is 5.11 Å². The minimum Gasteiger partial charge on any atom is -0.394 e. The molecule has 0 aliphatic carbocycles. The van der Waals surface area contributed by atoms with Gasteiger partial charge in [0.25, 0.3) is 0 Å². The first-order valence-electron chi connectivity index (χ1n) is 5.39. The number of anilines is 1. The van der Waals surface area contributed by atoms with E-state index in [1.807, 2.05) is 24.3 Å². The first-order chi connectivity index (χ1) is 8.20. The lowest BCUT2D eigenvalue weighted by Crippen LogP contribution is -2.13. The van der Waals surface area contributed by atoms with Crippen molar-refractivity contribution in [2.45, 2.75) is 13.0 Å². The zero-order valence-electron chi connectivity index (χ0n) is 9.48. The lowest BCUT2D eigenvalue weighted by Gasteiger charge is -2.17. The Morgan fingerprint density at radius 2 is 2.06 bits per heavy atom. The second-order valence-corrected chi connectivity index (χ2v) is 5.98. The first-order valence-corrected chi connectivity index (χ1v) is 7.00. The molecular formula is C13H14BrNOS. The van der Waals surface area contributed by atoms with Gasteiger partial charge in [-0.3, -0.25) is 0 Å². The molecule has 0 saturated heterocycles. The molecule has 2 rings (SSSR count). The Labute approximate surface area is 113 Å². The number of halogens is 1. The molecule has 2 aromatic rings. The molecule has 1 atom stereocenters. The molecule has 0 bridgehead atoms. The van der Waals surface area contributed by atoms with Crippen LogP contribution in [0.4, 0.5) is 5.69 Å². The Hall–Kier alpha value is -0.840. The number of nitrogens with one attached hydrogen (secondary N) is 1. The molecule has 17 heavy (non-hydrogen) atoms. The number of benzene rings is 1. The van der Waals surface area contributed by atoms with Crippen LogP contribution in [0.1, 0.15) is 15.8 Å². The van der Waals surface area contributed by atoms with Gasteiger partial charge in [-0.25, -0.2) is 0 Å². The third-order valence-electron chi connectivity index (χ3n) is 2.49. The molecule has 4 heteroatoms. The van der Waals surface area contributed by atoms with Gasteiger partial charge in [-0.2, -0.15) is 0 Å². The number of rotatable bonds is 4. The van der Waals surface area contributed by atoms with Crippen molar-refractivity contribution in [2.24, 2.45) is 0 Å². The second kappa shape index (κ2) is 5.67. The number of aliphatic hydroxyl groups is 1. The monoisotopic (exact) mass is 311 g/mol. The third kappa shape index (κ3) is 3.09. The highest BCUT2D eigenvalue weighted by molar-refractivity contribution is 9.10. The Morgan fingerprint density at radius 3 is 2.65 bits per heavy atom. The van der Waals surface area contributed by atoms with Crippen LogP contribution in [0, 0.1) is 6.92 Å². The van der Waals surface area contributed by atoms with Gasteiger partial charge in [-0.05, 0) is 47.1 Å². The van der Waals surface area contributed by atoms with Crippen LogP contribution < -0.4 is 5.32 Å². The summed E-state index contributed by atoms with van der Waals surface area (Å²) in [6.07, 6.45) is 0. The van der Waals surface area contributed by atoms with Gasteiger partial charge in [-0.15, -0.1) is 11.3 Å². The summed E-state index contributed by atoms with van der Waals surface area (Å²) in [5.74, 6) is 0. The van der Waals surface area contributed by atoms with E-state index in [1.165, 1.54) is 4.88 Å². The van der Waals surface area contributed by atoms with E-state index in [1.54, 1.807) is 11.3 Å². The van der Waals surface area contributed by atoms with E-state index in [0.29, 0.717) is 0 Å². The Morgan fingerprint density at radius 1 is 1.29 bits per heavy atom. The maximum Gasteiger partial charge on any atom is 0.0838 e. The maximum absolute atomic E-state index is 9.47. The van der Waals surface area contributed by atoms with Crippen LogP contribution in [-0.4, -0.2) is 11.7 Å². The van der Waals surface area contributed by atoms with E-state index in [4.69, 9.17) is 0 Å². The Kier molecular flexibility index (Phi) is 4.20. The zero-order valence-corrected chi connectivity index (χ0v) is 11.9. The molecule has 0 aliphatic rings. The highest BCUT2D eigenvalue weighted by Gasteiger charge is 2.13. The van der Waals surface area contributed by atoms with Crippen LogP contribution in [0.3, 0.4) is 0 Å². The fourth-order valence-corrected chi connectivity index (χ4v) is 2.93. The van der Waals surface area contributed by atoms with E-state index in [9.17, 15) is 5.11 Å². The summed E-state index contributed by atoms with van der Waals surface area (Å²) in [5.41, 5.74) is 0.998. The van der Waals surface area contributed by atoms with E-state index in [2.05, 4.69) is 40.3 Å². The van der Waals surface area contributed by atoms with Crippen molar-refractivity contribution in [2.75, 3.05) is 11.9 Å². The number of aliphatic hydroxyl groups excluding tert-OH is 1. The summed E-state index contributed by atoms with van der Waals surface area (Å²) in [4.78, 5) is 2.41. The fourth-order valence-electron chi connectivity index (χ4n) is 1.61. The molecule has 0 saturated carbocycles. The molecule has 90 valence electrons. The van der Waals surface area contributed by atoms with Gasteiger partial charge in [0.2, 0.25) is 0 Å². The highest BCUT2D eigenvalue weighted by Crippen LogP contribution is 2.29. The van der Waals surface area contributed by atoms with Crippen LogP contribution in [0.2, 0.25) is 0 Å². The predicted octanol–water partition coefficient (Wildman–Crippen LogP) is 3.96. The third-order valence-corrected chi connectivity index (χ3v) is 4.30. The molecule has 0 aliphatic heterocycles. The quantitative estimate of drug-likeness (QED) is 0.895. The number of aryl methyl sites for hydroxylation is 1. The standard InChI is InChI=1S/C13H14BrNOS/c1-9-6-7-13(17-9)12(8-16)15-11-5-3-2-4-10(11)14/h2-7,12,15-16H,8H2,1H3. The summed E-state index contributed by atoms with van der Waals surface area (Å²) >= 11 is 5.20. The zero-order chi connectivity index (χ0) is 12.3. The summed E-state index contributed by atoms with van der Waals surface area (Å²) < 4.78 is 1.01. The summed E-state index contributed by atoms with van der Waals surface area (Å²) in [5, 5.41) is 12.8.